The van der Waals surface area contributed by atoms with Crippen LogP contribution < -0.4 is 27.2 Å². The molecule has 4 aromatic rings. The van der Waals surface area contributed by atoms with Crippen molar-refractivity contribution in [3.8, 4) is 18.4 Å². The highest BCUT2D eigenvalue weighted by Gasteiger charge is 2.56. The highest BCUT2D eigenvalue weighted by atomic mass is 19.4. The number of alkyl halides is 5. The molecule has 2 aliphatic rings. The highest BCUT2D eigenvalue weighted by Crippen LogP contribution is 2.47. The summed E-state index contributed by atoms with van der Waals surface area (Å²) in [4.78, 5) is 19.7. The third kappa shape index (κ3) is 5.55. The van der Waals surface area contributed by atoms with E-state index in [-0.39, 0.29) is 40.7 Å². The summed E-state index contributed by atoms with van der Waals surface area (Å²) in [6, 6.07) is 11.3. The molecule has 9 nitrogen and oxygen atoms in total. The van der Waals surface area contributed by atoms with E-state index in [2.05, 4.69) is 43.6 Å². The minimum atomic E-state index is -4.51. The van der Waals surface area contributed by atoms with Gasteiger partial charge in [-0.3, -0.25) is 14.8 Å². The zero-order valence-corrected chi connectivity index (χ0v) is 25.2. The van der Waals surface area contributed by atoms with Crippen molar-refractivity contribution in [3.05, 3.63) is 87.7 Å². The van der Waals surface area contributed by atoms with Gasteiger partial charge in [0.15, 0.2) is 0 Å². The van der Waals surface area contributed by atoms with Gasteiger partial charge in [-0.25, -0.2) is 8.78 Å². The topological polar surface area (TPSA) is 121 Å². The first-order valence-corrected chi connectivity index (χ1v) is 14.6. The van der Waals surface area contributed by atoms with Crippen LogP contribution >= 0.6 is 0 Å². The molecule has 1 atom stereocenters. The summed E-state index contributed by atoms with van der Waals surface area (Å²) >= 11 is 0. The number of aromatic amines is 1. The van der Waals surface area contributed by atoms with Crippen molar-refractivity contribution < 1.29 is 22.0 Å². The molecule has 0 saturated heterocycles. The molecule has 1 fully saturated rings. The van der Waals surface area contributed by atoms with E-state index in [4.69, 9.17) is 6.42 Å². The average molecular weight is 649 g/mol. The normalized spacial score (nSPS) is 16.4. The van der Waals surface area contributed by atoms with Gasteiger partial charge in [-0.15, -0.1) is 12.0 Å². The van der Waals surface area contributed by atoms with Crippen LogP contribution in [0.1, 0.15) is 49.4 Å². The molecule has 2 aromatic carbocycles. The van der Waals surface area contributed by atoms with Crippen LogP contribution in [0.4, 0.5) is 33.3 Å². The van der Waals surface area contributed by atoms with Crippen molar-refractivity contribution in [2.75, 3.05) is 17.2 Å². The fourth-order valence-electron chi connectivity index (χ4n) is 5.58. The quantitative estimate of drug-likeness (QED) is 0.110. The molecule has 6 rings (SSSR count). The standard InChI is InChI=1S/C33H29F5N8O/c1-4-18-15-41-27-19(14-39)12-20(13-24(27)26(18)42-17-31(2,3)33(36,37)38)43-28(22-6-5-7-23-21(22)8-11-40-29(23)47)25-16-46(45-44-25)32(9-10-32)30(34)35/h1,5-8,11-13,15-16,28,30,43-45H,9-10,17H2,2-3H3,(H,40,47)(H,41,42)/t28-/m0/s1. The van der Waals surface area contributed by atoms with Crippen LogP contribution in [0.5, 0.6) is 0 Å². The molecule has 1 aliphatic carbocycles. The molecular weight excluding hydrogens is 619 g/mol. The van der Waals surface area contributed by atoms with Gasteiger partial charge in [0.1, 0.15) is 11.6 Å². The zero-order chi connectivity index (χ0) is 33.7. The fourth-order valence-corrected chi connectivity index (χ4v) is 5.58. The number of aromatic nitrogens is 2. The van der Waals surface area contributed by atoms with Crippen LogP contribution in [0.2, 0.25) is 0 Å². The number of nitriles is 1. The Labute approximate surface area is 265 Å². The summed E-state index contributed by atoms with van der Waals surface area (Å²) in [6.45, 7) is 1.61. The summed E-state index contributed by atoms with van der Waals surface area (Å²) in [5.74, 6) is 2.45. The van der Waals surface area contributed by atoms with Crippen molar-refractivity contribution in [2.45, 2.75) is 50.9 Å². The lowest BCUT2D eigenvalue weighted by molar-refractivity contribution is -0.206. The summed E-state index contributed by atoms with van der Waals surface area (Å²) in [7, 11) is 0. The number of rotatable bonds is 9. The molecule has 0 spiro atoms. The van der Waals surface area contributed by atoms with Gasteiger partial charge < -0.3 is 21.0 Å². The lowest BCUT2D eigenvalue weighted by Gasteiger charge is -2.29. The lowest BCUT2D eigenvalue weighted by atomic mass is 9.92. The van der Waals surface area contributed by atoms with Crippen LogP contribution in [-0.4, -0.2) is 39.7 Å². The minimum Gasteiger partial charge on any atom is -0.383 e. The van der Waals surface area contributed by atoms with Crippen molar-refractivity contribution in [3.63, 3.8) is 0 Å². The summed E-state index contributed by atoms with van der Waals surface area (Å²) in [6.07, 6.45) is 3.52. The Bertz CT molecular complexity index is 2050. The van der Waals surface area contributed by atoms with Crippen LogP contribution in [0.3, 0.4) is 0 Å². The number of nitrogens with one attached hydrogen (secondary N) is 5. The fraction of sp³-hybridized carbons (Fsp3) is 0.303. The van der Waals surface area contributed by atoms with Gasteiger partial charge in [-0.1, -0.05) is 18.1 Å². The van der Waals surface area contributed by atoms with E-state index in [1.807, 2.05) is 0 Å². The molecule has 47 heavy (non-hydrogen) atoms. The summed E-state index contributed by atoms with van der Waals surface area (Å²) in [5.41, 5.74) is 4.12. The number of halogens is 5. The predicted molar refractivity (Wildman–Crippen MR) is 168 cm³/mol. The predicted octanol–water partition coefficient (Wildman–Crippen LogP) is 6.05. The monoisotopic (exact) mass is 648 g/mol. The van der Waals surface area contributed by atoms with Crippen LogP contribution in [-0.2, 0) is 0 Å². The number of H-pyrrole nitrogens is 1. The number of pyridine rings is 2. The Balaban J connectivity index is 1.49. The molecule has 14 heteroatoms. The second-order valence-corrected chi connectivity index (χ2v) is 12.2. The Morgan fingerprint density at radius 2 is 1.89 bits per heavy atom. The minimum absolute atomic E-state index is 0.113. The van der Waals surface area contributed by atoms with Crippen molar-refractivity contribution in [2.24, 2.45) is 5.41 Å². The molecule has 5 N–H and O–H groups in total. The molecule has 2 aromatic heterocycles. The van der Waals surface area contributed by atoms with Crippen LogP contribution in [0.25, 0.3) is 21.7 Å². The van der Waals surface area contributed by atoms with E-state index >= 15 is 0 Å². The largest absolute Gasteiger partial charge is 0.395 e. The number of hydrogen-bond acceptors (Lipinski definition) is 8. The van der Waals surface area contributed by atoms with Crippen molar-refractivity contribution in [1.29, 1.82) is 5.26 Å². The number of benzene rings is 2. The van der Waals surface area contributed by atoms with Gasteiger partial charge in [-0.2, -0.15) is 18.4 Å². The summed E-state index contributed by atoms with van der Waals surface area (Å²) in [5, 5.41) is 18.9. The highest BCUT2D eigenvalue weighted by molar-refractivity contribution is 5.99. The number of anilines is 2. The van der Waals surface area contributed by atoms with Crippen molar-refractivity contribution in [1.82, 2.24) is 25.9 Å². The molecule has 0 unspecified atom stereocenters. The average Bonchev–Trinajstić information content (AvgIpc) is 3.71. The molecule has 0 radical (unpaired) electrons. The number of hydrogen-bond donors (Lipinski definition) is 5. The Morgan fingerprint density at radius 1 is 1.13 bits per heavy atom. The van der Waals surface area contributed by atoms with Crippen molar-refractivity contribution >= 4 is 33.1 Å². The maximum atomic E-state index is 14.0. The first kappa shape index (κ1) is 31.6. The second-order valence-electron chi connectivity index (χ2n) is 12.2. The maximum Gasteiger partial charge on any atom is 0.395 e. The smallest absolute Gasteiger partial charge is 0.383 e. The molecule has 0 amide bonds. The second kappa shape index (κ2) is 11.5. The first-order chi connectivity index (χ1) is 22.3. The molecule has 242 valence electrons. The van der Waals surface area contributed by atoms with E-state index in [9.17, 15) is 32.0 Å². The number of hydrazine groups is 2. The third-order valence-electron chi connectivity index (χ3n) is 8.74. The van der Waals surface area contributed by atoms with Crippen LogP contribution in [0, 0.1) is 29.1 Å². The van der Waals surface area contributed by atoms with E-state index in [0.717, 1.165) is 13.8 Å². The molecule has 3 heterocycles. The van der Waals surface area contributed by atoms with Gasteiger partial charge >= 0.3 is 6.18 Å². The summed E-state index contributed by atoms with van der Waals surface area (Å²) < 4.78 is 69.2. The van der Waals surface area contributed by atoms with Gasteiger partial charge in [0.05, 0.1) is 39.5 Å². The Morgan fingerprint density at radius 3 is 2.55 bits per heavy atom. The van der Waals surface area contributed by atoms with Gasteiger partial charge in [0, 0.05) is 41.6 Å². The Hall–Kier alpha value is -5.34. The Kier molecular flexibility index (Phi) is 7.72. The molecule has 1 saturated carbocycles. The molecule has 0 bridgehead atoms. The van der Waals surface area contributed by atoms with Gasteiger partial charge in [-0.05, 0) is 61.9 Å². The lowest BCUT2D eigenvalue weighted by Crippen LogP contribution is -2.48. The molecule has 1 aliphatic heterocycles. The van der Waals surface area contributed by atoms with Gasteiger partial charge in [0.2, 0.25) is 0 Å². The van der Waals surface area contributed by atoms with Crippen LogP contribution in [0.15, 0.2) is 65.5 Å². The number of terminal acetylenes is 1. The number of nitrogens with zero attached hydrogens (tertiary/aromatic N) is 3. The van der Waals surface area contributed by atoms with E-state index in [0.29, 0.717) is 33.1 Å². The SMILES string of the molecule is C#Cc1cnc2c(C#N)cc(N[C@H](C3=CN(C4(C(F)F)CC4)NN3)c3cccc4c(=O)[nH]ccc34)cc2c1NCC(C)(C)C(F)(F)F. The maximum absolute atomic E-state index is 14.0. The van der Waals surface area contributed by atoms with E-state index in [1.165, 1.54) is 23.5 Å². The van der Waals surface area contributed by atoms with E-state index < -0.39 is 36.1 Å². The first-order valence-electron chi connectivity index (χ1n) is 14.6. The van der Waals surface area contributed by atoms with E-state index in [1.54, 1.807) is 36.5 Å². The number of fused-ring (bicyclic) bond motifs is 2. The molecular formula is C33H29F5N8O. The van der Waals surface area contributed by atoms with Gasteiger partial charge in [0.25, 0.3) is 12.0 Å². The zero-order valence-electron chi connectivity index (χ0n) is 25.2. The third-order valence-corrected chi connectivity index (χ3v) is 8.74.